The Morgan fingerprint density at radius 2 is 1.83 bits per heavy atom. The van der Waals surface area contributed by atoms with Crippen LogP contribution >= 0.6 is 0 Å². The number of carbonyl (C=O) groups is 2. The zero-order valence-corrected chi connectivity index (χ0v) is 15.8. The molecule has 29 heavy (non-hydrogen) atoms. The first kappa shape index (κ1) is 17.6. The molecule has 5 rings (SSSR count). The number of aromatic nitrogens is 2. The number of para-hydroxylation sites is 1. The van der Waals surface area contributed by atoms with Gasteiger partial charge in [0, 0.05) is 37.8 Å². The highest BCUT2D eigenvalue weighted by atomic mass is 16.2. The fourth-order valence-electron chi connectivity index (χ4n) is 4.22. The Balaban J connectivity index is 1.38. The standard InChI is InChI=1S/C22H20N4O3/c27-20-12-15(13-26(20)16-6-2-1-3-7-16)21(28)24-11-9-18-17(14-24)22(29)25-10-5-4-8-19(25)23-18/h1-8,10,15H,9,11-14H2. The molecule has 0 saturated carbocycles. The van der Waals surface area contributed by atoms with Crippen molar-refractivity contribution in [3.05, 3.63) is 76.3 Å². The number of hydrogen-bond donors (Lipinski definition) is 0. The van der Waals surface area contributed by atoms with Crippen LogP contribution in [0, 0.1) is 5.92 Å². The molecule has 0 aliphatic carbocycles. The summed E-state index contributed by atoms with van der Waals surface area (Å²) in [6.45, 7) is 1.13. The van der Waals surface area contributed by atoms with Crippen molar-refractivity contribution in [3.8, 4) is 0 Å². The Hall–Kier alpha value is -3.48. The van der Waals surface area contributed by atoms with Crippen LogP contribution < -0.4 is 10.5 Å². The number of nitrogens with zero attached hydrogens (tertiary/aromatic N) is 4. The van der Waals surface area contributed by atoms with Crippen molar-refractivity contribution in [1.29, 1.82) is 0 Å². The van der Waals surface area contributed by atoms with Crippen molar-refractivity contribution in [2.45, 2.75) is 19.4 Å². The molecule has 1 fully saturated rings. The van der Waals surface area contributed by atoms with Gasteiger partial charge in [0.05, 0.1) is 23.7 Å². The van der Waals surface area contributed by atoms with Crippen molar-refractivity contribution in [1.82, 2.24) is 14.3 Å². The smallest absolute Gasteiger partial charge is 0.263 e. The fraction of sp³-hybridized carbons (Fsp3) is 0.273. The minimum Gasteiger partial charge on any atom is -0.337 e. The number of rotatable bonds is 2. The molecule has 3 aromatic rings. The number of pyridine rings is 1. The summed E-state index contributed by atoms with van der Waals surface area (Å²) in [4.78, 5) is 46.4. The van der Waals surface area contributed by atoms with E-state index in [1.54, 1.807) is 22.1 Å². The molecule has 146 valence electrons. The van der Waals surface area contributed by atoms with Crippen LogP contribution in [0.2, 0.25) is 0 Å². The molecule has 4 heterocycles. The Bertz CT molecular complexity index is 1170. The maximum absolute atomic E-state index is 13.1. The zero-order valence-electron chi connectivity index (χ0n) is 15.8. The summed E-state index contributed by atoms with van der Waals surface area (Å²) in [7, 11) is 0. The Labute approximate surface area is 167 Å². The average molecular weight is 388 g/mol. The van der Waals surface area contributed by atoms with E-state index in [2.05, 4.69) is 4.98 Å². The third kappa shape index (κ3) is 2.99. The SMILES string of the molecule is O=C(C1CC(=O)N(c2ccccc2)C1)N1CCc2nc3ccccn3c(=O)c2C1. The third-order valence-corrected chi connectivity index (χ3v) is 5.73. The summed E-state index contributed by atoms with van der Waals surface area (Å²) >= 11 is 0. The van der Waals surface area contributed by atoms with Crippen LogP contribution in [0.5, 0.6) is 0 Å². The first-order valence-corrected chi connectivity index (χ1v) is 9.75. The van der Waals surface area contributed by atoms with Crippen molar-refractivity contribution in [3.63, 3.8) is 0 Å². The van der Waals surface area contributed by atoms with Gasteiger partial charge < -0.3 is 9.80 Å². The van der Waals surface area contributed by atoms with Crippen molar-refractivity contribution in [2.75, 3.05) is 18.0 Å². The summed E-state index contributed by atoms with van der Waals surface area (Å²) < 4.78 is 1.52. The van der Waals surface area contributed by atoms with E-state index in [9.17, 15) is 14.4 Å². The second-order valence-corrected chi connectivity index (χ2v) is 7.52. The quantitative estimate of drug-likeness (QED) is 0.669. The molecule has 1 aromatic carbocycles. The van der Waals surface area contributed by atoms with E-state index in [-0.39, 0.29) is 36.3 Å². The number of amides is 2. The van der Waals surface area contributed by atoms with Gasteiger partial charge in [-0.25, -0.2) is 4.98 Å². The minimum atomic E-state index is -0.388. The molecule has 2 amide bonds. The molecule has 2 aromatic heterocycles. The first-order valence-electron chi connectivity index (χ1n) is 9.75. The molecule has 7 nitrogen and oxygen atoms in total. The first-order chi connectivity index (χ1) is 14.1. The van der Waals surface area contributed by atoms with Crippen molar-refractivity contribution < 1.29 is 9.59 Å². The molecule has 1 unspecified atom stereocenters. The molecule has 0 spiro atoms. The van der Waals surface area contributed by atoms with Gasteiger partial charge in [-0.2, -0.15) is 0 Å². The fourth-order valence-corrected chi connectivity index (χ4v) is 4.22. The van der Waals surface area contributed by atoms with Crippen LogP contribution in [-0.2, 0) is 22.6 Å². The molecular weight excluding hydrogens is 368 g/mol. The third-order valence-electron chi connectivity index (χ3n) is 5.73. The molecule has 1 saturated heterocycles. The van der Waals surface area contributed by atoms with Gasteiger partial charge in [-0.1, -0.05) is 24.3 Å². The average Bonchev–Trinajstić information content (AvgIpc) is 3.15. The van der Waals surface area contributed by atoms with Crippen LogP contribution in [0.15, 0.2) is 59.5 Å². The van der Waals surface area contributed by atoms with Gasteiger partial charge in [-0.15, -0.1) is 0 Å². The molecule has 0 bridgehead atoms. The van der Waals surface area contributed by atoms with Gasteiger partial charge in [-0.3, -0.25) is 18.8 Å². The number of hydrogen-bond acceptors (Lipinski definition) is 4. The number of carbonyl (C=O) groups excluding carboxylic acids is 2. The molecule has 0 radical (unpaired) electrons. The lowest BCUT2D eigenvalue weighted by atomic mass is 10.0. The van der Waals surface area contributed by atoms with E-state index in [0.717, 1.165) is 11.4 Å². The van der Waals surface area contributed by atoms with Crippen LogP contribution in [0.25, 0.3) is 5.65 Å². The largest absolute Gasteiger partial charge is 0.337 e. The van der Waals surface area contributed by atoms with Crippen molar-refractivity contribution >= 4 is 23.1 Å². The maximum Gasteiger partial charge on any atom is 0.263 e. The van der Waals surface area contributed by atoms with Gasteiger partial charge in [0.25, 0.3) is 5.56 Å². The van der Waals surface area contributed by atoms with Gasteiger partial charge in [0.1, 0.15) is 5.65 Å². The van der Waals surface area contributed by atoms with Gasteiger partial charge in [0.15, 0.2) is 0 Å². The summed E-state index contributed by atoms with van der Waals surface area (Å²) in [5.41, 5.74) is 2.63. The topological polar surface area (TPSA) is 75.0 Å². The van der Waals surface area contributed by atoms with Gasteiger partial charge in [-0.05, 0) is 24.3 Å². The Kier molecular flexibility index (Phi) is 4.16. The van der Waals surface area contributed by atoms with E-state index in [4.69, 9.17) is 0 Å². The predicted molar refractivity (Wildman–Crippen MR) is 107 cm³/mol. The lowest BCUT2D eigenvalue weighted by Crippen LogP contribution is -2.43. The van der Waals surface area contributed by atoms with E-state index in [1.165, 1.54) is 4.40 Å². The maximum atomic E-state index is 13.1. The number of benzene rings is 1. The number of anilines is 1. The minimum absolute atomic E-state index is 0.0420. The lowest BCUT2D eigenvalue weighted by Gasteiger charge is -2.30. The predicted octanol–water partition coefficient (Wildman–Crippen LogP) is 1.63. The highest BCUT2D eigenvalue weighted by Crippen LogP contribution is 2.27. The highest BCUT2D eigenvalue weighted by Gasteiger charge is 2.38. The summed E-state index contributed by atoms with van der Waals surface area (Å²) in [5, 5.41) is 0. The van der Waals surface area contributed by atoms with Gasteiger partial charge >= 0.3 is 0 Å². The number of fused-ring (bicyclic) bond motifs is 2. The summed E-state index contributed by atoms with van der Waals surface area (Å²) in [6.07, 6.45) is 2.44. The van der Waals surface area contributed by atoms with Crippen LogP contribution in [0.3, 0.4) is 0 Å². The molecule has 0 N–H and O–H groups in total. The summed E-state index contributed by atoms with van der Waals surface area (Å²) in [6, 6.07) is 14.8. The highest BCUT2D eigenvalue weighted by molar-refractivity contribution is 6.00. The monoisotopic (exact) mass is 388 g/mol. The van der Waals surface area contributed by atoms with E-state index < -0.39 is 0 Å². The molecule has 2 aliphatic rings. The second kappa shape index (κ2) is 6.84. The molecule has 1 atom stereocenters. The van der Waals surface area contributed by atoms with Gasteiger partial charge in [0.2, 0.25) is 11.8 Å². The van der Waals surface area contributed by atoms with E-state index >= 15 is 0 Å². The Morgan fingerprint density at radius 1 is 1.03 bits per heavy atom. The zero-order chi connectivity index (χ0) is 20.0. The molecule has 7 heteroatoms. The second-order valence-electron chi connectivity index (χ2n) is 7.52. The lowest BCUT2D eigenvalue weighted by molar-refractivity contribution is -0.136. The van der Waals surface area contributed by atoms with Crippen LogP contribution in [0.1, 0.15) is 17.7 Å². The van der Waals surface area contributed by atoms with E-state index in [1.807, 2.05) is 42.5 Å². The molecular formula is C22H20N4O3. The molecule has 2 aliphatic heterocycles. The normalized spacial score (nSPS) is 18.9. The van der Waals surface area contributed by atoms with Crippen molar-refractivity contribution in [2.24, 2.45) is 5.92 Å². The summed E-state index contributed by atoms with van der Waals surface area (Å²) in [5.74, 6) is -0.500. The van der Waals surface area contributed by atoms with Crippen LogP contribution in [0.4, 0.5) is 5.69 Å². The van der Waals surface area contributed by atoms with Crippen LogP contribution in [-0.4, -0.2) is 39.2 Å². The Morgan fingerprint density at radius 3 is 2.66 bits per heavy atom. The van der Waals surface area contributed by atoms with E-state index in [0.29, 0.717) is 30.7 Å².